The molecule has 0 fully saturated rings. The summed E-state index contributed by atoms with van der Waals surface area (Å²) in [5.74, 6) is -0.0239. The fraction of sp³-hybridized carbons (Fsp3) is 0.316. The van der Waals surface area contributed by atoms with E-state index in [4.69, 9.17) is 0 Å². The number of hydrogen-bond donors (Lipinski definition) is 1. The van der Waals surface area contributed by atoms with Crippen molar-refractivity contribution in [2.24, 2.45) is 0 Å². The van der Waals surface area contributed by atoms with Gasteiger partial charge in [-0.25, -0.2) is 0 Å². The van der Waals surface area contributed by atoms with Crippen molar-refractivity contribution >= 4 is 27.5 Å². The lowest BCUT2D eigenvalue weighted by atomic mass is 10.2. The van der Waals surface area contributed by atoms with E-state index < -0.39 is 0 Å². The summed E-state index contributed by atoms with van der Waals surface area (Å²) in [5.41, 5.74) is 4.90. The third kappa shape index (κ3) is 4.40. The third-order valence-electron chi connectivity index (χ3n) is 4.18. The highest BCUT2D eigenvalue weighted by Gasteiger charge is 2.10. The topological polar surface area (TPSA) is 64.7 Å². The van der Waals surface area contributed by atoms with Crippen molar-refractivity contribution in [3.8, 4) is 0 Å². The van der Waals surface area contributed by atoms with Crippen LogP contribution >= 0.6 is 15.9 Å². The van der Waals surface area contributed by atoms with Crippen LogP contribution < -0.4 is 5.32 Å². The Morgan fingerprint density at radius 2 is 2.00 bits per heavy atom. The quantitative estimate of drug-likeness (QED) is 0.664. The highest BCUT2D eigenvalue weighted by atomic mass is 79.9. The Hall–Kier alpha value is -2.41. The molecule has 1 N–H and O–H groups in total. The number of rotatable bonds is 6. The number of benzene rings is 1. The molecule has 0 unspecified atom stereocenters. The monoisotopic (exact) mass is 415 g/mol. The molecule has 0 radical (unpaired) electrons. The zero-order valence-electron chi connectivity index (χ0n) is 15.2. The van der Waals surface area contributed by atoms with E-state index in [1.165, 1.54) is 0 Å². The molecule has 3 rings (SSSR count). The highest BCUT2D eigenvalue weighted by molar-refractivity contribution is 9.10. The molecule has 26 heavy (non-hydrogen) atoms. The fourth-order valence-electron chi connectivity index (χ4n) is 2.78. The number of amides is 1. The number of hydrogen-bond acceptors (Lipinski definition) is 3. The van der Waals surface area contributed by atoms with Gasteiger partial charge in [0.15, 0.2) is 0 Å². The molecule has 0 atom stereocenters. The van der Waals surface area contributed by atoms with Crippen LogP contribution in [0.4, 0.5) is 5.69 Å². The zero-order chi connectivity index (χ0) is 18.7. The highest BCUT2D eigenvalue weighted by Crippen LogP contribution is 2.21. The molecule has 136 valence electrons. The van der Waals surface area contributed by atoms with Gasteiger partial charge in [-0.15, -0.1) is 0 Å². The zero-order valence-corrected chi connectivity index (χ0v) is 16.7. The Balaban J connectivity index is 1.61. The van der Waals surface area contributed by atoms with Crippen LogP contribution in [0.2, 0.25) is 0 Å². The van der Waals surface area contributed by atoms with E-state index in [-0.39, 0.29) is 5.91 Å². The Morgan fingerprint density at radius 3 is 2.65 bits per heavy atom. The van der Waals surface area contributed by atoms with Crippen LogP contribution in [0.25, 0.3) is 0 Å². The van der Waals surface area contributed by atoms with Crippen LogP contribution in [-0.4, -0.2) is 25.5 Å². The van der Waals surface area contributed by atoms with Gasteiger partial charge in [-0.3, -0.25) is 14.2 Å². The number of carbonyl (C=O) groups excluding carboxylic acids is 1. The van der Waals surface area contributed by atoms with E-state index in [1.807, 2.05) is 62.0 Å². The second-order valence-electron chi connectivity index (χ2n) is 6.36. The minimum absolute atomic E-state index is 0.0239. The number of aromatic nitrogens is 4. The molecule has 2 aromatic heterocycles. The Bertz CT molecular complexity index is 928. The number of nitrogens with one attached hydrogen (secondary N) is 1. The maximum Gasteiger partial charge on any atom is 0.226 e. The number of halogens is 1. The molecule has 0 saturated heterocycles. The van der Waals surface area contributed by atoms with E-state index in [9.17, 15) is 4.79 Å². The number of carbonyl (C=O) groups is 1. The summed E-state index contributed by atoms with van der Waals surface area (Å²) < 4.78 is 4.78. The molecule has 0 aliphatic rings. The van der Waals surface area contributed by atoms with Gasteiger partial charge in [-0.1, -0.05) is 12.1 Å². The number of nitrogens with zero attached hydrogens (tertiary/aromatic N) is 4. The van der Waals surface area contributed by atoms with Gasteiger partial charge in [0.05, 0.1) is 28.1 Å². The van der Waals surface area contributed by atoms with Crippen LogP contribution in [0.1, 0.15) is 29.1 Å². The molecule has 0 spiro atoms. The van der Waals surface area contributed by atoms with Crippen molar-refractivity contribution in [2.45, 2.75) is 40.3 Å². The summed E-state index contributed by atoms with van der Waals surface area (Å²) in [5, 5.41) is 11.8. The summed E-state index contributed by atoms with van der Waals surface area (Å²) in [4.78, 5) is 12.2. The van der Waals surface area contributed by atoms with Gasteiger partial charge in [-0.05, 0) is 60.5 Å². The molecule has 3 aromatic rings. The van der Waals surface area contributed by atoms with E-state index in [0.717, 1.165) is 32.8 Å². The summed E-state index contributed by atoms with van der Waals surface area (Å²) in [6, 6.07) is 9.80. The maximum absolute atomic E-state index is 12.2. The summed E-state index contributed by atoms with van der Waals surface area (Å²) in [6.45, 7) is 7.18. The van der Waals surface area contributed by atoms with Crippen molar-refractivity contribution < 1.29 is 4.79 Å². The molecular formula is C19H22BrN5O. The minimum atomic E-state index is -0.0239. The maximum atomic E-state index is 12.2. The molecule has 1 amide bonds. The van der Waals surface area contributed by atoms with Gasteiger partial charge in [-0.2, -0.15) is 10.2 Å². The van der Waals surface area contributed by atoms with Crippen molar-refractivity contribution in [3.63, 3.8) is 0 Å². The Morgan fingerprint density at radius 1 is 1.19 bits per heavy atom. The molecule has 1 aromatic carbocycles. The van der Waals surface area contributed by atoms with Crippen LogP contribution in [0.5, 0.6) is 0 Å². The van der Waals surface area contributed by atoms with Gasteiger partial charge in [0.2, 0.25) is 5.91 Å². The lowest BCUT2D eigenvalue weighted by Crippen LogP contribution is -2.15. The summed E-state index contributed by atoms with van der Waals surface area (Å²) in [6.07, 6.45) is 2.27. The largest absolute Gasteiger partial charge is 0.326 e. The lowest BCUT2D eigenvalue weighted by molar-refractivity contribution is -0.116. The first-order valence-corrected chi connectivity index (χ1v) is 9.30. The summed E-state index contributed by atoms with van der Waals surface area (Å²) in [7, 11) is 0. The summed E-state index contributed by atoms with van der Waals surface area (Å²) >= 11 is 3.55. The molecule has 6 nitrogen and oxygen atoms in total. The first kappa shape index (κ1) is 18.4. The third-order valence-corrected chi connectivity index (χ3v) is 5.33. The smallest absolute Gasteiger partial charge is 0.226 e. The molecule has 2 heterocycles. The number of anilines is 1. The van der Waals surface area contributed by atoms with Crippen molar-refractivity contribution in [1.82, 2.24) is 19.6 Å². The Kier molecular flexibility index (Phi) is 5.56. The molecule has 7 heteroatoms. The lowest BCUT2D eigenvalue weighted by Gasteiger charge is -2.09. The van der Waals surface area contributed by atoms with Crippen LogP contribution in [0.15, 0.2) is 41.0 Å². The normalized spacial score (nSPS) is 10.9. The second-order valence-corrected chi connectivity index (χ2v) is 7.15. The van der Waals surface area contributed by atoms with Crippen LogP contribution in [-0.2, 0) is 17.9 Å². The number of aryl methyl sites for hydroxylation is 3. The first-order chi connectivity index (χ1) is 12.4. The molecule has 0 bridgehead atoms. The standard InChI is InChI=1S/C19H22BrN5O/c1-13-7-9-24(22-13)10-8-18(26)21-17-6-4-5-16(11-17)12-25-15(3)19(20)14(2)23-25/h4-7,9,11H,8,10,12H2,1-3H3,(H,21,26). The van der Waals surface area contributed by atoms with E-state index >= 15 is 0 Å². The molecule has 0 aliphatic carbocycles. The van der Waals surface area contributed by atoms with Crippen molar-refractivity contribution in [3.05, 3.63) is 63.6 Å². The average molecular weight is 416 g/mol. The molecule has 0 saturated carbocycles. The predicted octanol–water partition coefficient (Wildman–Crippen LogP) is 3.84. The molecular weight excluding hydrogens is 394 g/mol. The SMILES string of the molecule is Cc1ccn(CCC(=O)Nc2cccc(Cn3nc(C)c(Br)c3C)c2)n1. The fourth-order valence-corrected chi connectivity index (χ4v) is 3.06. The Labute approximate surface area is 161 Å². The van der Waals surface area contributed by atoms with Crippen molar-refractivity contribution in [2.75, 3.05) is 5.32 Å². The van der Waals surface area contributed by atoms with Crippen LogP contribution in [0.3, 0.4) is 0 Å². The van der Waals surface area contributed by atoms with Gasteiger partial charge >= 0.3 is 0 Å². The van der Waals surface area contributed by atoms with Gasteiger partial charge in [0, 0.05) is 24.8 Å². The second kappa shape index (κ2) is 7.86. The van der Waals surface area contributed by atoms with E-state index in [1.54, 1.807) is 4.68 Å². The first-order valence-electron chi connectivity index (χ1n) is 8.51. The van der Waals surface area contributed by atoms with Crippen LogP contribution in [0, 0.1) is 20.8 Å². The van der Waals surface area contributed by atoms with Gasteiger partial charge < -0.3 is 5.32 Å². The van der Waals surface area contributed by atoms with Gasteiger partial charge in [0.25, 0.3) is 0 Å². The van der Waals surface area contributed by atoms with Crippen molar-refractivity contribution in [1.29, 1.82) is 0 Å². The van der Waals surface area contributed by atoms with Gasteiger partial charge in [0.1, 0.15) is 0 Å². The molecule has 0 aliphatic heterocycles. The van der Waals surface area contributed by atoms with E-state index in [2.05, 4.69) is 31.4 Å². The average Bonchev–Trinajstić information content (AvgIpc) is 3.12. The predicted molar refractivity (Wildman–Crippen MR) is 105 cm³/mol. The minimum Gasteiger partial charge on any atom is -0.326 e. The van der Waals surface area contributed by atoms with E-state index in [0.29, 0.717) is 19.5 Å².